The lowest BCUT2D eigenvalue weighted by molar-refractivity contribution is 0.0906. The number of hydrogen-bond donors (Lipinski definition) is 1. The lowest BCUT2D eigenvalue weighted by atomic mass is 10.1. The first kappa shape index (κ1) is 7.54. The van der Waals surface area contributed by atoms with Crippen molar-refractivity contribution >= 4 is 5.71 Å². The van der Waals surface area contributed by atoms with E-state index in [1.54, 1.807) is 0 Å². The Labute approximate surface area is 61.2 Å². The number of unbranched alkanes of at least 4 members (excludes halogenated alkanes) is 1. The summed E-state index contributed by atoms with van der Waals surface area (Å²) < 4.78 is 0. The van der Waals surface area contributed by atoms with Crippen LogP contribution in [0.4, 0.5) is 0 Å². The maximum absolute atomic E-state index is 5.46. The summed E-state index contributed by atoms with van der Waals surface area (Å²) in [6, 6.07) is 0. The smallest absolute Gasteiger partial charge is 0.181 e. The van der Waals surface area contributed by atoms with E-state index in [0.29, 0.717) is 0 Å². The molecule has 0 aliphatic carbocycles. The fraction of sp³-hybridized carbons (Fsp3) is 0.857. The predicted octanol–water partition coefficient (Wildman–Crippen LogP) is 1.24. The van der Waals surface area contributed by atoms with E-state index in [1.807, 2.05) is 0 Å². The van der Waals surface area contributed by atoms with E-state index in [2.05, 4.69) is 12.1 Å². The van der Waals surface area contributed by atoms with Crippen molar-refractivity contribution in [3.8, 4) is 0 Å². The van der Waals surface area contributed by atoms with Crippen molar-refractivity contribution in [1.29, 1.82) is 0 Å². The zero-order chi connectivity index (χ0) is 7.40. The summed E-state index contributed by atoms with van der Waals surface area (Å²) in [6.45, 7) is 2.16. The second-order valence-electron chi connectivity index (χ2n) is 2.61. The molecule has 0 amide bonds. The van der Waals surface area contributed by atoms with Crippen LogP contribution in [0.2, 0.25) is 0 Å². The molecule has 1 atom stereocenters. The van der Waals surface area contributed by atoms with Gasteiger partial charge >= 0.3 is 0 Å². The number of nitrogens with two attached hydrogens (primary N) is 1. The molecule has 1 aliphatic rings. The number of nitrogens with zero attached hydrogens (tertiary/aromatic N) is 1. The first-order valence-electron chi connectivity index (χ1n) is 3.80. The van der Waals surface area contributed by atoms with Gasteiger partial charge in [-0.3, -0.25) is 5.73 Å². The molecule has 0 aromatic rings. The molecular weight excluding hydrogens is 128 g/mol. The van der Waals surface area contributed by atoms with E-state index in [0.717, 1.165) is 18.6 Å². The van der Waals surface area contributed by atoms with Gasteiger partial charge in [0.1, 0.15) is 0 Å². The Balaban J connectivity index is 2.17. The minimum absolute atomic E-state index is 0.174. The van der Waals surface area contributed by atoms with Crippen LogP contribution < -0.4 is 5.73 Å². The quantitative estimate of drug-likeness (QED) is 0.644. The molecule has 10 heavy (non-hydrogen) atoms. The van der Waals surface area contributed by atoms with E-state index >= 15 is 0 Å². The van der Waals surface area contributed by atoms with Gasteiger partial charge in [0.25, 0.3) is 0 Å². The zero-order valence-electron chi connectivity index (χ0n) is 6.34. The van der Waals surface area contributed by atoms with Gasteiger partial charge in [0, 0.05) is 6.42 Å². The second kappa shape index (κ2) is 3.56. The fourth-order valence-electron chi connectivity index (χ4n) is 0.978. The van der Waals surface area contributed by atoms with Crippen LogP contribution in [-0.2, 0) is 4.84 Å². The monoisotopic (exact) mass is 142 g/mol. The van der Waals surface area contributed by atoms with Crippen LogP contribution in [0, 0.1) is 0 Å². The SMILES string of the molecule is CCCCC1=NOC(N)C1. The van der Waals surface area contributed by atoms with E-state index in [-0.39, 0.29) is 6.23 Å². The van der Waals surface area contributed by atoms with Crippen LogP contribution in [0.25, 0.3) is 0 Å². The predicted molar refractivity (Wildman–Crippen MR) is 40.6 cm³/mol. The van der Waals surface area contributed by atoms with Crippen LogP contribution in [0.3, 0.4) is 0 Å². The summed E-state index contributed by atoms with van der Waals surface area (Å²) in [5, 5.41) is 3.85. The minimum atomic E-state index is -0.174. The Morgan fingerprint density at radius 1 is 1.80 bits per heavy atom. The summed E-state index contributed by atoms with van der Waals surface area (Å²) >= 11 is 0. The first-order valence-corrected chi connectivity index (χ1v) is 3.80. The standard InChI is InChI=1S/C7H14N2O/c1-2-3-4-6-5-7(8)10-9-6/h7H,2-5,8H2,1H3. The zero-order valence-corrected chi connectivity index (χ0v) is 6.34. The van der Waals surface area contributed by atoms with Crippen molar-refractivity contribution in [2.75, 3.05) is 0 Å². The summed E-state index contributed by atoms with van der Waals surface area (Å²) in [7, 11) is 0. The molecule has 1 unspecified atom stereocenters. The van der Waals surface area contributed by atoms with Gasteiger partial charge in [-0.05, 0) is 12.8 Å². The molecular formula is C7H14N2O. The topological polar surface area (TPSA) is 47.6 Å². The highest BCUT2D eigenvalue weighted by Gasteiger charge is 2.14. The van der Waals surface area contributed by atoms with E-state index in [9.17, 15) is 0 Å². The van der Waals surface area contributed by atoms with Crippen molar-refractivity contribution in [3.05, 3.63) is 0 Å². The fourth-order valence-corrected chi connectivity index (χ4v) is 0.978. The minimum Gasteiger partial charge on any atom is -0.377 e. The van der Waals surface area contributed by atoms with Gasteiger partial charge in [-0.15, -0.1) is 0 Å². The Bertz CT molecular complexity index is 134. The summed E-state index contributed by atoms with van der Waals surface area (Å²) in [4.78, 5) is 4.83. The van der Waals surface area contributed by atoms with Crippen molar-refractivity contribution in [2.45, 2.75) is 38.8 Å². The van der Waals surface area contributed by atoms with Crippen LogP contribution >= 0.6 is 0 Å². The van der Waals surface area contributed by atoms with Crippen LogP contribution in [0.5, 0.6) is 0 Å². The molecule has 1 heterocycles. The van der Waals surface area contributed by atoms with Crippen LogP contribution in [0.1, 0.15) is 32.6 Å². The maximum atomic E-state index is 5.46. The first-order chi connectivity index (χ1) is 4.83. The average Bonchev–Trinajstić information content (AvgIpc) is 2.31. The van der Waals surface area contributed by atoms with Crippen molar-refractivity contribution in [3.63, 3.8) is 0 Å². The highest BCUT2D eigenvalue weighted by Crippen LogP contribution is 2.10. The molecule has 0 aromatic heterocycles. The van der Waals surface area contributed by atoms with Gasteiger partial charge in [-0.25, -0.2) is 0 Å². The average molecular weight is 142 g/mol. The third-order valence-corrected chi connectivity index (χ3v) is 1.57. The number of oxime groups is 1. The Morgan fingerprint density at radius 2 is 2.60 bits per heavy atom. The molecule has 1 rings (SSSR count). The van der Waals surface area contributed by atoms with Gasteiger partial charge in [-0.2, -0.15) is 0 Å². The third kappa shape index (κ3) is 1.99. The molecule has 1 aliphatic heterocycles. The molecule has 3 heteroatoms. The number of rotatable bonds is 3. The Kier molecular flexibility index (Phi) is 2.68. The second-order valence-corrected chi connectivity index (χ2v) is 2.61. The Hall–Kier alpha value is -0.570. The molecule has 0 saturated heterocycles. The van der Waals surface area contributed by atoms with E-state index in [1.165, 1.54) is 12.8 Å². The van der Waals surface area contributed by atoms with Crippen LogP contribution in [-0.4, -0.2) is 11.9 Å². The van der Waals surface area contributed by atoms with Crippen molar-refractivity contribution in [1.82, 2.24) is 0 Å². The molecule has 58 valence electrons. The van der Waals surface area contributed by atoms with Gasteiger partial charge < -0.3 is 4.84 Å². The van der Waals surface area contributed by atoms with Crippen molar-refractivity contribution in [2.24, 2.45) is 10.9 Å². The normalized spacial score (nSPS) is 24.2. The van der Waals surface area contributed by atoms with Gasteiger partial charge in [0.2, 0.25) is 0 Å². The van der Waals surface area contributed by atoms with Crippen LogP contribution in [0.15, 0.2) is 5.16 Å². The molecule has 3 nitrogen and oxygen atoms in total. The van der Waals surface area contributed by atoms with Gasteiger partial charge in [0.05, 0.1) is 5.71 Å². The summed E-state index contributed by atoms with van der Waals surface area (Å²) in [6.07, 6.45) is 4.08. The van der Waals surface area contributed by atoms with Crippen molar-refractivity contribution < 1.29 is 4.84 Å². The van der Waals surface area contributed by atoms with Gasteiger partial charge in [0.15, 0.2) is 6.23 Å². The summed E-state index contributed by atoms with van der Waals surface area (Å²) in [5.74, 6) is 0. The molecule has 0 spiro atoms. The molecule has 0 aromatic carbocycles. The molecule has 0 saturated carbocycles. The molecule has 0 bridgehead atoms. The highest BCUT2D eigenvalue weighted by molar-refractivity contribution is 5.85. The van der Waals surface area contributed by atoms with E-state index in [4.69, 9.17) is 10.6 Å². The molecule has 0 fully saturated rings. The Morgan fingerprint density at radius 3 is 3.10 bits per heavy atom. The summed E-state index contributed by atoms with van der Waals surface area (Å²) in [5.41, 5.74) is 6.58. The third-order valence-electron chi connectivity index (χ3n) is 1.57. The number of hydrogen-bond acceptors (Lipinski definition) is 3. The van der Waals surface area contributed by atoms with E-state index < -0.39 is 0 Å². The lowest BCUT2D eigenvalue weighted by Gasteiger charge is -1.96. The maximum Gasteiger partial charge on any atom is 0.181 e. The highest BCUT2D eigenvalue weighted by atomic mass is 16.7. The largest absolute Gasteiger partial charge is 0.377 e. The molecule has 0 radical (unpaired) electrons. The van der Waals surface area contributed by atoms with Gasteiger partial charge in [-0.1, -0.05) is 18.5 Å². The molecule has 2 N–H and O–H groups in total. The lowest BCUT2D eigenvalue weighted by Crippen LogP contribution is -2.18.